The lowest BCUT2D eigenvalue weighted by Gasteiger charge is -2.27. The molecule has 0 saturated heterocycles. The Morgan fingerprint density at radius 3 is 2.33 bits per heavy atom. The Morgan fingerprint density at radius 2 is 1.90 bits per heavy atom. The Labute approximate surface area is 126 Å². The number of hydrogen-bond acceptors (Lipinski definition) is 4. The second-order valence-corrected chi connectivity index (χ2v) is 5.10. The fraction of sp³-hybridized carbons (Fsp3) is 0.562. The fourth-order valence-corrected chi connectivity index (χ4v) is 2.19. The molecular formula is C16H25NO4. The molecule has 0 saturated carbocycles. The molecule has 0 aromatic heterocycles. The highest BCUT2D eigenvalue weighted by Gasteiger charge is 2.26. The molecule has 0 unspecified atom stereocenters. The summed E-state index contributed by atoms with van der Waals surface area (Å²) in [5.74, 6) is -0.108. The van der Waals surface area contributed by atoms with E-state index in [2.05, 4.69) is 0 Å². The summed E-state index contributed by atoms with van der Waals surface area (Å²) in [7, 11) is 1.61. The van der Waals surface area contributed by atoms with Crippen LogP contribution in [0, 0.1) is 0 Å². The first kappa shape index (κ1) is 17.5. The number of methoxy groups -OCH3 is 1. The number of ether oxygens (including phenoxy) is 2. The van der Waals surface area contributed by atoms with Crippen LogP contribution in [0.3, 0.4) is 0 Å². The van der Waals surface area contributed by atoms with E-state index in [4.69, 9.17) is 9.47 Å². The molecule has 1 aromatic carbocycles. The van der Waals surface area contributed by atoms with Gasteiger partial charge in [-0.15, -0.1) is 0 Å². The lowest BCUT2D eigenvalue weighted by Crippen LogP contribution is -2.36. The average molecular weight is 295 g/mol. The zero-order valence-electron chi connectivity index (χ0n) is 13.2. The summed E-state index contributed by atoms with van der Waals surface area (Å²) in [6, 6.07) is 6.58. The lowest BCUT2D eigenvalue weighted by atomic mass is 10.1. The normalized spacial score (nSPS) is 12.7. The third-order valence-corrected chi connectivity index (χ3v) is 3.16. The van der Waals surface area contributed by atoms with Crippen molar-refractivity contribution >= 4 is 5.97 Å². The van der Waals surface area contributed by atoms with Gasteiger partial charge in [-0.2, -0.15) is 0 Å². The van der Waals surface area contributed by atoms with E-state index in [9.17, 15) is 9.90 Å². The molecule has 0 aliphatic heterocycles. The minimum Gasteiger partial charge on any atom is -0.491 e. The van der Waals surface area contributed by atoms with Crippen LogP contribution in [-0.2, 0) is 9.53 Å². The van der Waals surface area contributed by atoms with Crippen LogP contribution in [-0.4, -0.2) is 48.9 Å². The van der Waals surface area contributed by atoms with Crippen molar-refractivity contribution in [3.63, 3.8) is 0 Å². The van der Waals surface area contributed by atoms with Gasteiger partial charge in [-0.1, -0.05) is 19.1 Å². The molecule has 1 rings (SSSR count). The molecule has 5 heteroatoms. The van der Waals surface area contributed by atoms with E-state index >= 15 is 0 Å². The molecule has 1 aromatic rings. The van der Waals surface area contributed by atoms with Crippen molar-refractivity contribution in [2.45, 2.75) is 32.9 Å². The summed E-state index contributed by atoms with van der Waals surface area (Å²) in [4.78, 5) is 13.5. The van der Waals surface area contributed by atoms with E-state index in [1.54, 1.807) is 7.11 Å². The summed E-state index contributed by atoms with van der Waals surface area (Å²) >= 11 is 0. The summed E-state index contributed by atoms with van der Waals surface area (Å²) in [6.07, 6.45) is 0.0972. The van der Waals surface area contributed by atoms with Gasteiger partial charge in [0.25, 0.3) is 0 Å². The monoisotopic (exact) mass is 295 g/mol. The number of carboxylic acid groups (broad SMARTS) is 1. The molecule has 118 valence electrons. The van der Waals surface area contributed by atoms with E-state index < -0.39 is 12.0 Å². The zero-order valence-corrected chi connectivity index (χ0v) is 13.2. The molecule has 0 amide bonds. The molecule has 0 aliphatic rings. The van der Waals surface area contributed by atoms with Crippen molar-refractivity contribution in [3.8, 4) is 5.75 Å². The molecule has 0 heterocycles. The predicted octanol–water partition coefficient (Wildman–Crippen LogP) is 2.57. The van der Waals surface area contributed by atoms with Crippen LogP contribution in [0.1, 0.15) is 32.4 Å². The Balaban J connectivity index is 2.91. The van der Waals surface area contributed by atoms with Crippen LogP contribution in [0.4, 0.5) is 0 Å². The van der Waals surface area contributed by atoms with Crippen molar-refractivity contribution < 1.29 is 19.4 Å². The number of aliphatic carboxylic acids is 1. The highest BCUT2D eigenvalue weighted by Crippen LogP contribution is 2.24. The molecule has 0 fully saturated rings. The summed E-state index contributed by atoms with van der Waals surface area (Å²) < 4.78 is 10.6. The molecule has 0 spiro atoms. The van der Waals surface area contributed by atoms with Gasteiger partial charge in [0.2, 0.25) is 0 Å². The Morgan fingerprint density at radius 1 is 1.29 bits per heavy atom. The van der Waals surface area contributed by atoms with E-state index in [0.717, 1.165) is 11.3 Å². The number of likely N-dealkylation sites (N-methyl/N-ethyl adjacent to an activating group) is 1. The van der Waals surface area contributed by atoms with Gasteiger partial charge in [0.05, 0.1) is 12.7 Å². The molecular weight excluding hydrogens is 270 g/mol. The molecule has 1 N–H and O–H groups in total. The Kier molecular flexibility index (Phi) is 7.19. The van der Waals surface area contributed by atoms with Gasteiger partial charge in [-0.3, -0.25) is 9.69 Å². The number of carbonyl (C=O) groups is 1. The van der Waals surface area contributed by atoms with E-state index in [1.807, 2.05) is 49.9 Å². The van der Waals surface area contributed by atoms with Gasteiger partial charge in [0.15, 0.2) is 0 Å². The quantitative estimate of drug-likeness (QED) is 0.758. The molecule has 0 radical (unpaired) electrons. The fourth-order valence-electron chi connectivity index (χ4n) is 2.19. The summed E-state index contributed by atoms with van der Waals surface area (Å²) in [6.45, 7) is 7.59. The Bertz CT molecular complexity index is 430. The van der Waals surface area contributed by atoms with E-state index in [0.29, 0.717) is 19.7 Å². The van der Waals surface area contributed by atoms with Crippen LogP contribution in [0.5, 0.6) is 5.75 Å². The largest absolute Gasteiger partial charge is 0.491 e. The number of rotatable bonds is 9. The van der Waals surface area contributed by atoms with Gasteiger partial charge in [0, 0.05) is 13.7 Å². The van der Waals surface area contributed by atoms with Crippen LogP contribution in [0.15, 0.2) is 24.3 Å². The first-order valence-electron chi connectivity index (χ1n) is 7.22. The van der Waals surface area contributed by atoms with E-state index in [1.165, 1.54) is 0 Å². The van der Waals surface area contributed by atoms with Crippen molar-refractivity contribution in [1.29, 1.82) is 0 Å². The van der Waals surface area contributed by atoms with Crippen molar-refractivity contribution in [2.24, 2.45) is 0 Å². The highest BCUT2D eigenvalue weighted by atomic mass is 16.5. The number of carboxylic acids is 1. The minimum atomic E-state index is -0.856. The van der Waals surface area contributed by atoms with Gasteiger partial charge in [-0.05, 0) is 38.1 Å². The predicted molar refractivity (Wildman–Crippen MR) is 81.7 cm³/mol. The molecule has 5 nitrogen and oxygen atoms in total. The van der Waals surface area contributed by atoms with Crippen LogP contribution in [0.25, 0.3) is 0 Å². The van der Waals surface area contributed by atoms with Crippen molar-refractivity contribution in [2.75, 3.05) is 26.8 Å². The molecule has 1 atom stereocenters. The molecule has 0 aliphatic carbocycles. The van der Waals surface area contributed by atoms with Gasteiger partial charge < -0.3 is 14.6 Å². The maximum Gasteiger partial charge on any atom is 0.325 e. The van der Waals surface area contributed by atoms with Crippen LogP contribution in [0.2, 0.25) is 0 Å². The average Bonchev–Trinajstić information content (AvgIpc) is 2.43. The smallest absolute Gasteiger partial charge is 0.325 e. The maximum absolute atomic E-state index is 11.6. The maximum atomic E-state index is 11.6. The first-order chi connectivity index (χ1) is 9.99. The SMILES string of the molecule is CCN(CCOC)[C@@H](C(=O)O)c1ccc(OC(C)C)cc1. The highest BCUT2D eigenvalue weighted by molar-refractivity contribution is 5.75. The third-order valence-electron chi connectivity index (χ3n) is 3.16. The van der Waals surface area contributed by atoms with Crippen LogP contribution < -0.4 is 4.74 Å². The lowest BCUT2D eigenvalue weighted by molar-refractivity contribution is -0.143. The van der Waals surface area contributed by atoms with Gasteiger partial charge in [0.1, 0.15) is 11.8 Å². The number of hydrogen-bond donors (Lipinski definition) is 1. The second kappa shape index (κ2) is 8.64. The molecule has 0 bridgehead atoms. The van der Waals surface area contributed by atoms with E-state index in [-0.39, 0.29) is 6.10 Å². The van der Waals surface area contributed by atoms with Crippen molar-refractivity contribution in [1.82, 2.24) is 4.90 Å². The number of nitrogens with zero attached hydrogens (tertiary/aromatic N) is 1. The molecule has 21 heavy (non-hydrogen) atoms. The Hall–Kier alpha value is -1.59. The van der Waals surface area contributed by atoms with Crippen molar-refractivity contribution in [3.05, 3.63) is 29.8 Å². The standard InChI is InChI=1S/C16H25NO4/c1-5-17(10-11-20-4)15(16(18)19)13-6-8-14(9-7-13)21-12(2)3/h6-9,12,15H,5,10-11H2,1-4H3,(H,18,19)/t15-/m1/s1. The topological polar surface area (TPSA) is 59.0 Å². The summed E-state index contributed by atoms with van der Waals surface area (Å²) in [5, 5.41) is 9.53. The minimum absolute atomic E-state index is 0.0972. The number of benzene rings is 1. The van der Waals surface area contributed by atoms with Crippen LogP contribution >= 0.6 is 0 Å². The second-order valence-electron chi connectivity index (χ2n) is 5.10. The summed E-state index contributed by atoms with van der Waals surface area (Å²) in [5.41, 5.74) is 0.747. The third kappa shape index (κ3) is 5.36. The zero-order chi connectivity index (χ0) is 15.8. The first-order valence-corrected chi connectivity index (χ1v) is 7.22. The van der Waals surface area contributed by atoms with Gasteiger partial charge >= 0.3 is 5.97 Å². The van der Waals surface area contributed by atoms with Gasteiger partial charge in [-0.25, -0.2) is 0 Å².